The van der Waals surface area contributed by atoms with E-state index in [0.717, 1.165) is 18.2 Å². The molecular formula is C13H15FN2O4S. The molecule has 0 aliphatic rings. The Hall–Kier alpha value is -1.98. The number of nitrogens with one attached hydrogen (secondary N) is 1. The molecule has 0 saturated heterocycles. The number of benzene rings is 1. The Balaban J connectivity index is 2.92. The van der Waals surface area contributed by atoms with Crippen molar-refractivity contribution in [2.75, 3.05) is 6.54 Å². The monoisotopic (exact) mass is 314 g/mol. The van der Waals surface area contributed by atoms with Gasteiger partial charge in [-0.2, -0.15) is 5.26 Å². The Bertz CT molecular complexity index is 667. The number of carbonyl (C=O) groups is 1. The van der Waals surface area contributed by atoms with Crippen LogP contribution in [0.5, 0.6) is 0 Å². The van der Waals surface area contributed by atoms with Crippen LogP contribution in [-0.4, -0.2) is 26.0 Å². The fourth-order valence-corrected chi connectivity index (χ4v) is 2.82. The molecule has 21 heavy (non-hydrogen) atoms. The lowest BCUT2D eigenvalue weighted by Gasteiger charge is -2.13. The van der Waals surface area contributed by atoms with Gasteiger partial charge in [0.1, 0.15) is 11.9 Å². The highest BCUT2D eigenvalue weighted by molar-refractivity contribution is 7.89. The molecular weight excluding hydrogens is 299 g/mol. The molecule has 0 fully saturated rings. The topological polar surface area (TPSA) is 107 Å². The third-order valence-corrected chi connectivity index (χ3v) is 4.30. The molecule has 0 saturated carbocycles. The second-order valence-electron chi connectivity index (χ2n) is 4.43. The first kappa shape index (κ1) is 17.1. The van der Waals surface area contributed by atoms with E-state index in [1.807, 2.05) is 0 Å². The van der Waals surface area contributed by atoms with Crippen LogP contribution < -0.4 is 4.72 Å². The molecule has 1 atom stereocenters. The number of carboxylic acids is 1. The SMILES string of the molecule is CCCC(CNS(=O)(=O)c1ccc(F)c(C#N)c1)C(=O)O. The minimum Gasteiger partial charge on any atom is -0.481 e. The van der Waals surface area contributed by atoms with Gasteiger partial charge in [-0.25, -0.2) is 17.5 Å². The normalized spacial score (nSPS) is 12.6. The smallest absolute Gasteiger partial charge is 0.307 e. The number of sulfonamides is 1. The van der Waals surface area contributed by atoms with Crippen LogP contribution >= 0.6 is 0 Å². The van der Waals surface area contributed by atoms with Crippen molar-refractivity contribution < 1.29 is 22.7 Å². The molecule has 0 aliphatic heterocycles. The molecule has 2 N–H and O–H groups in total. The van der Waals surface area contributed by atoms with Gasteiger partial charge in [-0.3, -0.25) is 4.79 Å². The number of nitrogens with zero attached hydrogens (tertiary/aromatic N) is 1. The highest BCUT2D eigenvalue weighted by Crippen LogP contribution is 2.15. The van der Waals surface area contributed by atoms with E-state index >= 15 is 0 Å². The quantitative estimate of drug-likeness (QED) is 0.792. The first-order chi connectivity index (χ1) is 9.81. The lowest BCUT2D eigenvalue weighted by atomic mass is 10.1. The average Bonchev–Trinajstić information content (AvgIpc) is 2.43. The molecule has 1 unspecified atom stereocenters. The number of hydrogen-bond acceptors (Lipinski definition) is 4. The maximum Gasteiger partial charge on any atom is 0.307 e. The van der Waals surface area contributed by atoms with Gasteiger partial charge in [0.25, 0.3) is 0 Å². The molecule has 6 nitrogen and oxygen atoms in total. The van der Waals surface area contributed by atoms with Crippen molar-refractivity contribution in [1.29, 1.82) is 5.26 Å². The maximum absolute atomic E-state index is 13.2. The van der Waals surface area contributed by atoms with Crippen LogP contribution in [0.4, 0.5) is 4.39 Å². The van der Waals surface area contributed by atoms with Crippen LogP contribution in [-0.2, 0) is 14.8 Å². The lowest BCUT2D eigenvalue weighted by molar-refractivity contribution is -0.141. The van der Waals surface area contributed by atoms with Crippen molar-refractivity contribution >= 4 is 16.0 Å². The number of nitriles is 1. The number of carboxylic acid groups (broad SMARTS) is 1. The predicted molar refractivity (Wildman–Crippen MR) is 72.3 cm³/mol. The van der Waals surface area contributed by atoms with Crippen molar-refractivity contribution in [3.05, 3.63) is 29.6 Å². The zero-order chi connectivity index (χ0) is 16.0. The molecule has 114 valence electrons. The Labute approximate surface area is 122 Å². The molecule has 0 radical (unpaired) electrons. The number of rotatable bonds is 7. The van der Waals surface area contributed by atoms with E-state index in [0.29, 0.717) is 12.8 Å². The third kappa shape index (κ3) is 4.51. The summed E-state index contributed by atoms with van der Waals surface area (Å²) in [6.45, 7) is 1.54. The van der Waals surface area contributed by atoms with Crippen LogP contribution in [0.1, 0.15) is 25.3 Å². The Kier molecular flexibility index (Phi) is 5.81. The Morgan fingerprint density at radius 3 is 2.71 bits per heavy atom. The van der Waals surface area contributed by atoms with Gasteiger partial charge in [0, 0.05) is 6.54 Å². The van der Waals surface area contributed by atoms with E-state index in [9.17, 15) is 17.6 Å². The van der Waals surface area contributed by atoms with E-state index in [4.69, 9.17) is 10.4 Å². The third-order valence-electron chi connectivity index (χ3n) is 2.87. The Morgan fingerprint density at radius 2 is 2.19 bits per heavy atom. The number of aliphatic carboxylic acids is 1. The summed E-state index contributed by atoms with van der Waals surface area (Å²) in [4.78, 5) is 10.7. The summed E-state index contributed by atoms with van der Waals surface area (Å²) in [6.07, 6.45) is 0.943. The summed E-state index contributed by atoms with van der Waals surface area (Å²) in [5.74, 6) is -2.73. The van der Waals surface area contributed by atoms with E-state index in [1.54, 1.807) is 13.0 Å². The van der Waals surface area contributed by atoms with Crippen molar-refractivity contribution in [2.45, 2.75) is 24.7 Å². The molecule has 0 spiro atoms. The van der Waals surface area contributed by atoms with Gasteiger partial charge >= 0.3 is 5.97 Å². The summed E-state index contributed by atoms with van der Waals surface area (Å²) >= 11 is 0. The highest BCUT2D eigenvalue weighted by atomic mass is 32.2. The van der Waals surface area contributed by atoms with Gasteiger partial charge in [-0.1, -0.05) is 13.3 Å². The minimum atomic E-state index is -3.99. The summed E-state index contributed by atoms with van der Waals surface area (Å²) in [7, 11) is -3.99. The molecule has 0 bridgehead atoms. The molecule has 0 amide bonds. The minimum absolute atomic E-state index is 0.259. The zero-order valence-electron chi connectivity index (χ0n) is 11.3. The predicted octanol–water partition coefficient (Wildman–Crippen LogP) is 1.48. The molecule has 1 rings (SSSR count). The number of halogens is 1. The van der Waals surface area contributed by atoms with Crippen molar-refractivity contribution in [2.24, 2.45) is 5.92 Å². The maximum atomic E-state index is 13.2. The van der Waals surface area contributed by atoms with Crippen LogP contribution in [0, 0.1) is 23.1 Å². The van der Waals surface area contributed by atoms with Crippen LogP contribution in [0.3, 0.4) is 0 Å². The van der Waals surface area contributed by atoms with Gasteiger partial charge in [0.15, 0.2) is 0 Å². The molecule has 0 heterocycles. The van der Waals surface area contributed by atoms with E-state index in [-0.39, 0.29) is 17.0 Å². The molecule has 0 aliphatic carbocycles. The van der Waals surface area contributed by atoms with Crippen molar-refractivity contribution in [3.63, 3.8) is 0 Å². The van der Waals surface area contributed by atoms with Gasteiger partial charge in [-0.15, -0.1) is 0 Å². The van der Waals surface area contributed by atoms with Gasteiger partial charge < -0.3 is 5.11 Å². The zero-order valence-corrected chi connectivity index (χ0v) is 12.2. The molecule has 0 aromatic heterocycles. The summed E-state index contributed by atoms with van der Waals surface area (Å²) in [6, 6.07) is 4.36. The van der Waals surface area contributed by atoms with E-state index < -0.39 is 27.7 Å². The average molecular weight is 314 g/mol. The summed E-state index contributed by atoms with van der Waals surface area (Å²) in [5.41, 5.74) is -0.388. The Morgan fingerprint density at radius 1 is 1.52 bits per heavy atom. The first-order valence-electron chi connectivity index (χ1n) is 6.24. The van der Waals surface area contributed by atoms with Gasteiger partial charge in [0.05, 0.1) is 16.4 Å². The summed E-state index contributed by atoms with van der Waals surface area (Å²) < 4.78 is 39.3. The lowest BCUT2D eigenvalue weighted by Crippen LogP contribution is -2.33. The molecule has 1 aromatic rings. The molecule has 1 aromatic carbocycles. The standard InChI is InChI=1S/C13H15FN2O4S/c1-2-3-9(13(17)18)8-16-21(19,20)11-4-5-12(14)10(6-11)7-15/h4-6,9,16H,2-3,8H2,1H3,(H,17,18). The second-order valence-corrected chi connectivity index (χ2v) is 6.20. The number of hydrogen-bond donors (Lipinski definition) is 2. The first-order valence-corrected chi connectivity index (χ1v) is 7.72. The van der Waals surface area contributed by atoms with E-state index in [2.05, 4.69) is 4.72 Å². The van der Waals surface area contributed by atoms with Crippen LogP contribution in [0.25, 0.3) is 0 Å². The second kappa shape index (κ2) is 7.15. The molecule has 8 heteroatoms. The largest absolute Gasteiger partial charge is 0.481 e. The van der Waals surface area contributed by atoms with Crippen molar-refractivity contribution in [1.82, 2.24) is 4.72 Å². The van der Waals surface area contributed by atoms with Gasteiger partial charge in [-0.05, 0) is 24.6 Å². The fourth-order valence-electron chi connectivity index (χ4n) is 1.71. The highest BCUT2D eigenvalue weighted by Gasteiger charge is 2.21. The van der Waals surface area contributed by atoms with E-state index in [1.165, 1.54) is 0 Å². The van der Waals surface area contributed by atoms with Crippen molar-refractivity contribution in [3.8, 4) is 6.07 Å². The fraction of sp³-hybridized carbons (Fsp3) is 0.385. The van der Waals surface area contributed by atoms with Crippen LogP contribution in [0.15, 0.2) is 23.1 Å². The van der Waals surface area contributed by atoms with Crippen LogP contribution in [0.2, 0.25) is 0 Å². The summed E-state index contributed by atoms with van der Waals surface area (Å²) in [5, 5.41) is 17.6. The van der Waals surface area contributed by atoms with Gasteiger partial charge in [0.2, 0.25) is 10.0 Å².